The molecule has 1 aromatic heterocycles. The highest BCUT2D eigenvalue weighted by atomic mass is 16.5. The minimum Gasteiger partial charge on any atom is -0.356 e. The Bertz CT molecular complexity index is 1170. The van der Waals surface area contributed by atoms with Crippen molar-refractivity contribution in [2.45, 2.75) is 104 Å². The number of piperidine rings is 1. The van der Waals surface area contributed by atoms with Crippen LogP contribution in [0.15, 0.2) is 59.1 Å². The molecule has 41 heavy (non-hydrogen) atoms. The van der Waals surface area contributed by atoms with E-state index < -0.39 is 0 Å². The molecule has 0 unspecified atom stereocenters. The molecule has 1 fully saturated rings. The summed E-state index contributed by atoms with van der Waals surface area (Å²) in [6, 6.07) is 19.2. The van der Waals surface area contributed by atoms with Crippen molar-refractivity contribution in [1.29, 1.82) is 0 Å². The number of aromatic nitrogens is 1. The van der Waals surface area contributed by atoms with Crippen molar-refractivity contribution in [2.75, 3.05) is 19.6 Å². The van der Waals surface area contributed by atoms with E-state index in [9.17, 15) is 4.79 Å². The fourth-order valence-electron chi connectivity index (χ4n) is 5.72. The van der Waals surface area contributed by atoms with Crippen LogP contribution in [0, 0.1) is 5.92 Å². The van der Waals surface area contributed by atoms with Crippen molar-refractivity contribution in [3.8, 4) is 11.3 Å². The molecule has 4 rings (SSSR count). The lowest BCUT2D eigenvalue weighted by atomic mass is 9.99. The van der Waals surface area contributed by atoms with Crippen LogP contribution < -0.4 is 0 Å². The van der Waals surface area contributed by atoms with Gasteiger partial charge in [-0.1, -0.05) is 88.5 Å². The van der Waals surface area contributed by atoms with Gasteiger partial charge in [0.05, 0.1) is 5.69 Å². The maximum absolute atomic E-state index is 14.0. The van der Waals surface area contributed by atoms with Gasteiger partial charge in [-0.15, -0.1) is 0 Å². The molecule has 0 spiro atoms. The number of nitrogens with zero attached hydrogens (tertiary/aromatic N) is 3. The normalized spacial score (nSPS) is 14.6. The molecule has 1 aliphatic rings. The van der Waals surface area contributed by atoms with E-state index in [0.717, 1.165) is 92.2 Å². The maximum atomic E-state index is 14.0. The fourth-order valence-corrected chi connectivity index (χ4v) is 5.72. The van der Waals surface area contributed by atoms with Crippen LogP contribution in [0.4, 0.5) is 0 Å². The molecule has 0 atom stereocenters. The Kier molecular flexibility index (Phi) is 12.0. The third-order valence-corrected chi connectivity index (χ3v) is 8.49. The van der Waals surface area contributed by atoms with Gasteiger partial charge in [-0.25, -0.2) is 0 Å². The molecule has 0 radical (unpaired) electrons. The van der Waals surface area contributed by atoms with E-state index in [4.69, 9.17) is 4.52 Å². The van der Waals surface area contributed by atoms with Gasteiger partial charge in [0, 0.05) is 42.9 Å². The number of rotatable bonds is 15. The Morgan fingerprint density at radius 3 is 2.27 bits per heavy atom. The number of carbonyl (C=O) groups is 1. The zero-order valence-corrected chi connectivity index (χ0v) is 25.9. The van der Waals surface area contributed by atoms with E-state index in [1.807, 2.05) is 12.1 Å². The number of likely N-dealkylation sites (tertiary alicyclic amines) is 1. The molecule has 5 heteroatoms. The summed E-state index contributed by atoms with van der Waals surface area (Å²) in [4.78, 5) is 18.7. The number of hydrogen-bond acceptors (Lipinski definition) is 4. The summed E-state index contributed by atoms with van der Waals surface area (Å²) >= 11 is 0. The molecule has 2 aromatic carbocycles. The number of aryl methyl sites for hydroxylation is 2. The molecule has 2 heterocycles. The summed E-state index contributed by atoms with van der Waals surface area (Å²) in [5.41, 5.74) is 5.30. The SMILES string of the molecule is CCCCCc1ccc(C(=O)N(Cc2ccc(-c3cc(CCCC)no3)cc2)C2CCN(CCC(C)C)CC2)cc1. The van der Waals surface area contributed by atoms with Crippen molar-refractivity contribution in [2.24, 2.45) is 5.92 Å². The maximum Gasteiger partial charge on any atom is 0.254 e. The highest BCUT2D eigenvalue weighted by molar-refractivity contribution is 5.94. The quantitative estimate of drug-likeness (QED) is 0.176. The smallest absolute Gasteiger partial charge is 0.254 e. The van der Waals surface area contributed by atoms with Crippen molar-refractivity contribution < 1.29 is 9.32 Å². The molecule has 1 saturated heterocycles. The lowest BCUT2D eigenvalue weighted by molar-refractivity contribution is 0.0546. The molecule has 5 nitrogen and oxygen atoms in total. The Hall–Kier alpha value is -2.92. The summed E-state index contributed by atoms with van der Waals surface area (Å²) in [5, 5.41) is 4.24. The molecule has 222 valence electrons. The largest absolute Gasteiger partial charge is 0.356 e. The summed E-state index contributed by atoms with van der Waals surface area (Å²) in [7, 11) is 0. The second-order valence-corrected chi connectivity index (χ2v) is 12.3. The number of benzene rings is 2. The van der Waals surface area contributed by atoms with E-state index in [2.05, 4.69) is 85.1 Å². The van der Waals surface area contributed by atoms with Crippen LogP contribution in [0.5, 0.6) is 0 Å². The zero-order valence-electron chi connectivity index (χ0n) is 25.9. The van der Waals surface area contributed by atoms with Crippen LogP contribution >= 0.6 is 0 Å². The molecule has 0 N–H and O–H groups in total. The molecule has 0 aliphatic carbocycles. The molecular weight excluding hydrogens is 506 g/mol. The molecule has 3 aromatic rings. The van der Waals surface area contributed by atoms with Crippen LogP contribution in [0.1, 0.15) is 106 Å². The van der Waals surface area contributed by atoms with Gasteiger partial charge in [-0.3, -0.25) is 4.79 Å². The van der Waals surface area contributed by atoms with Gasteiger partial charge in [-0.2, -0.15) is 0 Å². The van der Waals surface area contributed by atoms with Gasteiger partial charge in [0.25, 0.3) is 5.91 Å². The molecule has 1 aliphatic heterocycles. The Morgan fingerprint density at radius 2 is 1.61 bits per heavy atom. The minimum atomic E-state index is 0.144. The first-order chi connectivity index (χ1) is 20.0. The summed E-state index contributed by atoms with van der Waals surface area (Å²) in [5.74, 6) is 1.67. The third-order valence-electron chi connectivity index (χ3n) is 8.49. The Balaban J connectivity index is 1.46. The third kappa shape index (κ3) is 9.29. The lowest BCUT2D eigenvalue weighted by Crippen LogP contribution is -2.47. The first kappa shape index (κ1) is 31.0. The molecular formula is C36H51N3O2. The van der Waals surface area contributed by atoms with E-state index in [1.165, 1.54) is 31.2 Å². The summed E-state index contributed by atoms with van der Waals surface area (Å²) < 4.78 is 5.63. The topological polar surface area (TPSA) is 49.6 Å². The first-order valence-corrected chi connectivity index (χ1v) is 16.1. The van der Waals surface area contributed by atoms with Gasteiger partial charge >= 0.3 is 0 Å². The van der Waals surface area contributed by atoms with E-state index in [-0.39, 0.29) is 11.9 Å². The van der Waals surface area contributed by atoms with Gasteiger partial charge in [0.1, 0.15) is 0 Å². The second kappa shape index (κ2) is 15.9. The van der Waals surface area contributed by atoms with E-state index in [1.54, 1.807) is 0 Å². The standard InChI is InChI=1S/C36H51N3O2/c1-5-7-9-10-29-12-18-32(19-13-29)36(40)39(34-21-24-38(25-22-34)23-20-28(3)4)27-30-14-16-31(17-15-30)35-26-33(37-41-35)11-8-6-2/h12-19,26,28,34H,5-11,20-25,27H2,1-4H3. The predicted octanol–water partition coefficient (Wildman–Crippen LogP) is 8.57. The average molecular weight is 558 g/mol. The van der Waals surface area contributed by atoms with Crippen LogP contribution in [0.25, 0.3) is 11.3 Å². The molecule has 0 saturated carbocycles. The fraction of sp³-hybridized carbons (Fsp3) is 0.556. The van der Waals surface area contributed by atoms with Crippen LogP contribution in [0.2, 0.25) is 0 Å². The summed E-state index contributed by atoms with van der Waals surface area (Å²) in [6.07, 6.45) is 11.2. The number of hydrogen-bond donors (Lipinski definition) is 0. The highest BCUT2D eigenvalue weighted by Gasteiger charge is 2.29. The zero-order chi connectivity index (χ0) is 29.0. The van der Waals surface area contributed by atoms with Gasteiger partial charge in [0.2, 0.25) is 0 Å². The average Bonchev–Trinajstić information content (AvgIpc) is 3.47. The Morgan fingerprint density at radius 1 is 0.927 bits per heavy atom. The van der Waals surface area contributed by atoms with Crippen LogP contribution in [-0.2, 0) is 19.4 Å². The summed E-state index contributed by atoms with van der Waals surface area (Å²) in [6.45, 7) is 12.9. The van der Waals surface area contributed by atoms with Crippen LogP contribution in [0.3, 0.4) is 0 Å². The predicted molar refractivity (Wildman–Crippen MR) is 169 cm³/mol. The molecule has 1 amide bonds. The van der Waals surface area contributed by atoms with Gasteiger partial charge < -0.3 is 14.3 Å². The van der Waals surface area contributed by atoms with Crippen molar-refractivity contribution in [3.63, 3.8) is 0 Å². The minimum absolute atomic E-state index is 0.144. The van der Waals surface area contributed by atoms with Crippen molar-refractivity contribution in [1.82, 2.24) is 15.0 Å². The second-order valence-electron chi connectivity index (χ2n) is 12.3. The first-order valence-electron chi connectivity index (χ1n) is 16.1. The monoisotopic (exact) mass is 557 g/mol. The van der Waals surface area contributed by atoms with Crippen molar-refractivity contribution >= 4 is 5.91 Å². The van der Waals surface area contributed by atoms with E-state index in [0.29, 0.717) is 6.54 Å². The van der Waals surface area contributed by atoms with Crippen LogP contribution in [-0.4, -0.2) is 46.5 Å². The number of amides is 1. The number of unbranched alkanes of at least 4 members (excludes halogenated alkanes) is 3. The van der Waals surface area contributed by atoms with Gasteiger partial charge in [-0.05, 0) is 80.7 Å². The highest BCUT2D eigenvalue weighted by Crippen LogP contribution is 2.25. The molecule has 0 bridgehead atoms. The number of carbonyl (C=O) groups excluding carboxylic acids is 1. The lowest BCUT2D eigenvalue weighted by Gasteiger charge is -2.39. The van der Waals surface area contributed by atoms with E-state index >= 15 is 0 Å². The van der Waals surface area contributed by atoms with Gasteiger partial charge in [0.15, 0.2) is 5.76 Å². The Labute approximate surface area is 248 Å². The van der Waals surface area contributed by atoms with Crippen molar-refractivity contribution in [3.05, 3.63) is 77.0 Å².